The summed E-state index contributed by atoms with van der Waals surface area (Å²) in [5.41, 5.74) is 14.1. The van der Waals surface area contributed by atoms with Gasteiger partial charge in [-0.15, -0.1) is 0 Å². The lowest BCUT2D eigenvalue weighted by molar-refractivity contribution is 0.112. The predicted octanol–water partition coefficient (Wildman–Crippen LogP) is 13.6. The summed E-state index contributed by atoms with van der Waals surface area (Å²) in [6.45, 7) is 0. The van der Waals surface area contributed by atoms with Crippen LogP contribution >= 0.6 is 47.8 Å². The molecule has 438 valence electrons. The van der Waals surface area contributed by atoms with Crippen molar-refractivity contribution < 1.29 is 47.8 Å². The van der Waals surface area contributed by atoms with Crippen LogP contribution in [0.1, 0.15) is 65.7 Å². The number of allylic oxidation sites excluding steroid dienone is 2. The zero-order valence-corrected chi connectivity index (χ0v) is 51.5. The van der Waals surface area contributed by atoms with Gasteiger partial charge in [0.15, 0.2) is 34.5 Å². The maximum absolute atomic E-state index is 10.5. The Morgan fingerprint density at radius 2 is 1.02 bits per heavy atom. The average molecular weight is 1330 g/mol. The first-order valence-electron chi connectivity index (χ1n) is 24.1. The third-order valence-corrected chi connectivity index (χ3v) is 13.7. The number of methoxy groups -OCH3 is 6. The van der Waals surface area contributed by atoms with Crippen LogP contribution in [0.25, 0.3) is 0 Å². The fraction of sp³-hybridized carbons (Fsp3) is 0.274. The standard InChI is InChI=1S/C20H20BrN3O3.C20H19BrN2O3.C9H9BrO3.C8H11NO.C3H2N2.2CH4/c1-24(2)12-5-6-13-16(9-12)27-20(23)14(10-22)18(13)11-7-15(21)19(26-4)17(8-11)25-3;1-23(2)14-5-6-15-17(9-14)26-11-13(10-22)19(15)12-7-16(21)20(25-4)18(8-12)24-3;1-12-8-4-6(5-11)3-7(10)9(8)13-2;1-9(2)7-4-3-5-8(10)6-7;4-2-1-3-5;;/h5-9,18H,23H2,1-4H3;5-9,11,19H,1-4H3;3-5H,1-2H3;3-6,10H,1-2H3;1H2;2*1H4. The number of hydrogen-bond acceptors (Lipinski definition) is 18. The van der Waals surface area contributed by atoms with Crippen molar-refractivity contribution in [2.24, 2.45) is 5.73 Å². The average Bonchev–Trinajstić information content (AvgIpc) is 3.57. The van der Waals surface area contributed by atoms with Crippen LogP contribution in [0.15, 0.2) is 134 Å². The van der Waals surface area contributed by atoms with E-state index in [9.17, 15) is 15.3 Å². The van der Waals surface area contributed by atoms with E-state index in [1.54, 1.807) is 72.0 Å². The van der Waals surface area contributed by atoms with Crippen LogP contribution in [0.2, 0.25) is 0 Å². The van der Waals surface area contributed by atoms with E-state index in [2.05, 4.69) is 59.9 Å². The summed E-state index contributed by atoms with van der Waals surface area (Å²) in [7, 11) is 21.1. The van der Waals surface area contributed by atoms with Gasteiger partial charge in [-0.05, 0) is 120 Å². The van der Waals surface area contributed by atoms with Crippen molar-refractivity contribution in [2.75, 3.05) is 99.6 Å². The monoisotopic (exact) mass is 1320 g/mol. The largest absolute Gasteiger partial charge is 0.508 e. The molecule has 6 aromatic rings. The lowest BCUT2D eigenvalue weighted by atomic mass is 9.83. The molecule has 0 saturated heterocycles. The number of ether oxygens (including phenoxy) is 8. The van der Waals surface area contributed by atoms with E-state index in [4.69, 9.17) is 59.3 Å². The number of nitrogens with two attached hydrogens (primary N) is 1. The molecule has 0 amide bonds. The Bertz CT molecular complexity index is 3420. The normalized spacial score (nSPS) is 12.7. The maximum Gasteiger partial charge on any atom is 0.205 e. The maximum atomic E-state index is 10.5. The van der Waals surface area contributed by atoms with Gasteiger partial charge in [-0.25, -0.2) is 0 Å². The highest BCUT2D eigenvalue weighted by atomic mass is 79.9. The van der Waals surface area contributed by atoms with E-state index in [-0.39, 0.29) is 39.0 Å². The first-order chi connectivity index (χ1) is 38.7. The van der Waals surface area contributed by atoms with Crippen LogP contribution in [-0.4, -0.2) is 96.3 Å². The summed E-state index contributed by atoms with van der Waals surface area (Å²) in [5, 5.41) is 43.6. The zero-order valence-electron chi connectivity index (χ0n) is 46.7. The quantitative estimate of drug-likeness (QED) is 0.108. The second-order valence-electron chi connectivity index (χ2n) is 17.6. The van der Waals surface area contributed by atoms with Crippen molar-refractivity contribution in [3.8, 4) is 76.0 Å². The van der Waals surface area contributed by atoms with Gasteiger partial charge >= 0.3 is 0 Å². The summed E-state index contributed by atoms with van der Waals surface area (Å²) in [6.07, 6.45) is 2.28. The third-order valence-electron chi connectivity index (χ3n) is 12.0. The predicted molar refractivity (Wildman–Crippen MR) is 336 cm³/mol. The molecule has 2 aliphatic heterocycles. The molecule has 2 atom stereocenters. The van der Waals surface area contributed by atoms with E-state index < -0.39 is 0 Å². The van der Waals surface area contributed by atoms with Gasteiger partial charge in [-0.3, -0.25) is 4.79 Å². The van der Waals surface area contributed by atoms with E-state index >= 15 is 0 Å². The van der Waals surface area contributed by atoms with Crippen molar-refractivity contribution in [3.05, 3.63) is 162 Å². The van der Waals surface area contributed by atoms with Gasteiger partial charge in [-0.1, -0.05) is 33.1 Å². The number of fused-ring (bicyclic) bond motifs is 2. The van der Waals surface area contributed by atoms with E-state index in [1.165, 1.54) is 13.4 Å². The second-order valence-corrected chi connectivity index (χ2v) is 20.2. The fourth-order valence-electron chi connectivity index (χ4n) is 8.04. The molecule has 0 saturated carbocycles. The van der Waals surface area contributed by atoms with E-state index in [1.807, 2.05) is 130 Å². The number of halogens is 3. The number of hydrogen-bond donors (Lipinski definition) is 2. The Hall–Kier alpha value is -8.73. The molecule has 2 unspecified atom stereocenters. The number of anilines is 3. The number of nitrogens with zero attached hydrogens (tertiary/aromatic N) is 7. The molecule has 0 aromatic heterocycles. The summed E-state index contributed by atoms with van der Waals surface area (Å²) in [5.74, 6) is 4.70. The smallest absolute Gasteiger partial charge is 0.205 e. The van der Waals surface area contributed by atoms with Crippen molar-refractivity contribution in [1.82, 2.24) is 0 Å². The van der Waals surface area contributed by atoms with Crippen molar-refractivity contribution in [1.29, 1.82) is 21.0 Å². The van der Waals surface area contributed by atoms with Gasteiger partial charge < -0.3 is 63.4 Å². The highest BCUT2D eigenvalue weighted by Crippen LogP contribution is 2.48. The number of carbonyl (C=O) groups is 1. The molecule has 8 rings (SSSR count). The van der Waals surface area contributed by atoms with Crippen LogP contribution in [0.4, 0.5) is 17.1 Å². The molecular formula is C62H69Br3N8O10. The first kappa shape index (κ1) is 70.4. The Kier molecular flexibility index (Phi) is 28.7. The minimum absolute atomic E-state index is 0. The van der Waals surface area contributed by atoms with Gasteiger partial charge in [0.1, 0.15) is 47.9 Å². The Morgan fingerprint density at radius 3 is 1.42 bits per heavy atom. The van der Waals surface area contributed by atoms with Gasteiger partial charge in [-0.2, -0.15) is 21.0 Å². The molecule has 3 N–H and O–H groups in total. The Labute approximate surface area is 513 Å². The van der Waals surface area contributed by atoms with Crippen LogP contribution in [0.3, 0.4) is 0 Å². The van der Waals surface area contributed by atoms with Crippen LogP contribution in [-0.2, 0) is 0 Å². The number of nitriles is 4. The lowest BCUT2D eigenvalue weighted by Crippen LogP contribution is -2.21. The van der Waals surface area contributed by atoms with Gasteiger partial charge in [0.05, 0.1) is 91.7 Å². The van der Waals surface area contributed by atoms with E-state index in [0.717, 1.165) is 60.3 Å². The minimum atomic E-state index is -0.369. The van der Waals surface area contributed by atoms with Gasteiger partial charge in [0, 0.05) is 94.2 Å². The second kappa shape index (κ2) is 33.9. The molecule has 83 heavy (non-hydrogen) atoms. The summed E-state index contributed by atoms with van der Waals surface area (Å²) >= 11 is 10.3. The number of aromatic hydroxyl groups is 1. The van der Waals surface area contributed by atoms with E-state index in [0.29, 0.717) is 67.2 Å². The topological polar surface area (TPSA) is 242 Å². The first-order valence-corrected chi connectivity index (χ1v) is 26.5. The SMILES string of the molecule is C.C.CN(C)c1cccc(O)c1.COc1cc(C2C(C#N)=C(N)Oc3cc(N(C)C)ccc32)cc(Br)c1OC.COc1cc(C2C(C#N)=COc3cc(N(C)C)ccc32)cc(Br)c1OC.COc1cc(C=O)cc(Br)c1OC.N#CCC#N. The molecule has 0 radical (unpaired) electrons. The molecule has 2 heterocycles. The fourth-order valence-corrected chi connectivity index (χ4v) is 9.91. The Balaban J connectivity index is 0.000000387. The van der Waals surface area contributed by atoms with Crippen LogP contribution < -0.4 is 58.3 Å². The molecule has 6 aromatic carbocycles. The summed E-state index contributed by atoms with van der Waals surface area (Å²) in [4.78, 5) is 16.4. The molecule has 0 spiro atoms. The molecule has 0 aliphatic carbocycles. The van der Waals surface area contributed by atoms with Crippen molar-refractivity contribution in [3.63, 3.8) is 0 Å². The third kappa shape index (κ3) is 17.9. The van der Waals surface area contributed by atoms with Crippen LogP contribution in [0, 0.1) is 45.3 Å². The summed E-state index contributed by atoms with van der Waals surface area (Å²) < 4.78 is 45.5. The number of phenolic OH excluding ortho intramolecular Hbond substituents is 1. The van der Waals surface area contributed by atoms with Crippen molar-refractivity contribution in [2.45, 2.75) is 33.1 Å². The molecule has 0 fully saturated rings. The molecular weight excluding hydrogens is 1260 g/mol. The molecule has 18 nitrogen and oxygen atoms in total. The Morgan fingerprint density at radius 1 is 0.578 bits per heavy atom. The van der Waals surface area contributed by atoms with Gasteiger partial charge in [0.2, 0.25) is 5.88 Å². The van der Waals surface area contributed by atoms with Crippen LogP contribution in [0.5, 0.6) is 51.7 Å². The number of rotatable bonds is 12. The lowest BCUT2D eigenvalue weighted by Gasteiger charge is -2.28. The number of aldehydes is 1. The summed E-state index contributed by atoms with van der Waals surface area (Å²) in [6, 6.07) is 37.7. The zero-order chi connectivity index (χ0) is 60.1. The molecule has 2 aliphatic rings. The van der Waals surface area contributed by atoms with Crippen molar-refractivity contribution >= 4 is 71.1 Å². The van der Waals surface area contributed by atoms with Gasteiger partial charge in [0.25, 0.3) is 0 Å². The number of phenols is 1. The number of benzene rings is 6. The highest BCUT2D eigenvalue weighted by molar-refractivity contribution is 9.11. The molecule has 21 heteroatoms. The minimum Gasteiger partial charge on any atom is -0.508 e. The highest BCUT2D eigenvalue weighted by Gasteiger charge is 2.33. The number of carbonyl (C=O) groups excluding carboxylic acids is 1. The molecule has 0 bridgehead atoms.